The SMILES string of the molecule is CCC[C@@H]1CN(C(=O)CCc2ccc(O)cc2)C[C@H]1N(C)C. The maximum absolute atomic E-state index is 12.5. The lowest BCUT2D eigenvalue weighted by molar-refractivity contribution is -0.130. The minimum Gasteiger partial charge on any atom is -0.508 e. The smallest absolute Gasteiger partial charge is 0.222 e. The number of phenolic OH excluding ortho intramolecular Hbond substituents is 1. The number of likely N-dealkylation sites (tertiary alicyclic amines) is 1. The number of benzene rings is 1. The monoisotopic (exact) mass is 304 g/mol. The fourth-order valence-corrected chi connectivity index (χ4v) is 3.37. The van der Waals surface area contributed by atoms with Crippen molar-refractivity contribution < 1.29 is 9.90 Å². The van der Waals surface area contributed by atoms with Crippen LogP contribution in [0, 0.1) is 5.92 Å². The van der Waals surface area contributed by atoms with E-state index in [0.717, 1.165) is 25.1 Å². The summed E-state index contributed by atoms with van der Waals surface area (Å²) in [5.74, 6) is 1.11. The standard InChI is InChI=1S/C18H28N2O2/c1-4-5-15-12-20(13-17(15)19(2)3)18(22)11-8-14-6-9-16(21)10-7-14/h6-7,9-10,15,17,21H,4-5,8,11-13H2,1-3H3/t15-,17-/m1/s1. The highest BCUT2D eigenvalue weighted by molar-refractivity contribution is 5.76. The number of nitrogens with zero attached hydrogens (tertiary/aromatic N) is 2. The average Bonchev–Trinajstić information content (AvgIpc) is 2.91. The van der Waals surface area contributed by atoms with Crippen molar-refractivity contribution in [3.05, 3.63) is 29.8 Å². The number of likely N-dealkylation sites (N-methyl/N-ethyl adjacent to an activating group) is 1. The first kappa shape index (κ1) is 16.8. The summed E-state index contributed by atoms with van der Waals surface area (Å²) < 4.78 is 0. The number of carbonyl (C=O) groups excluding carboxylic acids is 1. The van der Waals surface area contributed by atoms with Crippen molar-refractivity contribution in [2.75, 3.05) is 27.2 Å². The molecule has 1 aliphatic rings. The van der Waals surface area contributed by atoms with E-state index in [1.165, 1.54) is 12.8 Å². The van der Waals surface area contributed by atoms with Gasteiger partial charge < -0.3 is 14.9 Å². The molecule has 122 valence electrons. The van der Waals surface area contributed by atoms with Gasteiger partial charge in [-0.15, -0.1) is 0 Å². The number of rotatable bonds is 6. The van der Waals surface area contributed by atoms with Crippen LogP contribution in [0.15, 0.2) is 24.3 Å². The highest BCUT2D eigenvalue weighted by Gasteiger charge is 2.35. The Labute approximate surface area is 133 Å². The van der Waals surface area contributed by atoms with E-state index in [4.69, 9.17) is 0 Å². The van der Waals surface area contributed by atoms with Crippen molar-refractivity contribution in [2.24, 2.45) is 5.92 Å². The Hall–Kier alpha value is -1.55. The second kappa shape index (κ2) is 7.63. The van der Waals surface area contributed by atoms with Gasteiger partial charge in [0.05, 0.1) is 0 Å². The molecule has 2 rings (SSSR count). The van der Waals surface area contributed by atoms with Crippen molar-refractivity contribution in [1.82, 2.24) is 9.80 Å². The number of phenols is 1. The van der Waals surface area contributed by atoms with Gasteiger partial charge in [-0.25, -0.2) is 0 Å². The van der Waals surface area contributed by atoms with Crippen LogP contribution >= 0.6 is 0 Å². The third kappa shape index (κ3) is 4.23. The minimum atomic E-state index is 0.249. The molecule has 2 atom stereocenters. The molecule has 1 N–H and O–H groups in total. The highest BCUT2D eigenvalue weighted by atomic mass is 16.3. The number of aromatic hydroxyl groups is 1. The van der Waals surface area contributed by atoms with Crippen LogP contribution in [0.5, 0.6) is 5.75 Å². The molecule has 0 aliphatic carbocycles. The third-order valence-electron chi connectivity index (χ3n) is 4.65. The molecule has 4 heteroatoms. The summed E-state index contributed by atoms with van der Waals surface area (Å²) in [6, 6.07) is 7.60. The van der Waals surface area contributed by atoms with E-state index in [1.54, 1.807) is 12.1 Å². The Morgan fingerprint density at radius 1 is 1.27 bits per heavy atom. The van der Waals surface area contributed by atoms with Crippen molar-refractivity contribution in [2.45, 2.75) is 38.6 Å². The van der Waals surface area contributed by atoms with E-state index in [0.29, 0.717) is 18.4 Å². The third-order valence-corrected chi connectivity index (χ3v) is 4.65. The van der Waals surface area contributed by atoms with Gasteiger partial charge >= 0.3 is 0 Å². The first-order chi connectivity index (χ1) is 10.5. The van der Waals surface area contributed by atoms with E-state index in [9.17, 15) is 9.90 Å². The topological polar surface area (TPSA) is 43.8 Å². The van der Waals surface area contributed by atoms with E-state index in [1.807, 2.05) is 17.0 Å². The lowest BCUT2D eigenvalue weighted by Gasteiger charge is -2.24. The summed E-state index contributed by atoms with van der Waals surface area (Å²) >= 11 is 0. The second-order valence-corrected chi connectivity index (χ2v) is 6.54. The molecule has 0 aromatic heterocycles. The van der Waals surface area contributed by atoms with Gasteiger partial charge in [-0.05, 0) is 50.6 Å². The minimum absolute atomic E-state index is 0.249. The molecule has 22 heavy (non-hydrogen) atoms. The molecule has 1 aliphatic heterocycles. The molecule has 1 fully saturated rings. The Morgan fingerprint density at radius 3 is 2.55 bits per heavy atom. The largest absolute Gasteiger partial charge is 0.508 e. The van der Waals surface area contributed by atoms with Crippen LogP contribution in [-0.4, -0.2) is 54.0 Å². The zero-order chi connectivity index (χ0) is 16.1. The first-order valence-corrected chi connectivity index (χ1v) is 8.23. The summed E-state index contributed by atoms with van der Waals surface area (Å²) in [4.78, 5) is 16.8. The quantitative estimate of drug-likeness (QED) is 0.878. The predicted octanol–water partition coefficient (Wildman–Crippen LogP) is 2.51. The van der Waals surface area contributed by atoms with Crippen LogP contribution in [0.3, 0.4) is 0 Å². The van der Waals surface area contributed by atoms with Crippen molar-refractivity contribution in [3.8, 4) is 5.75 Å². The second-order valence-electron chi connectivity index (χ2n) is 6.54. The summed E-state index contributed by atoms with van der Waals surface area (Å²) in [7, 11) is 4.22. The van der Waals surface area contributed by atoms with Gasteiger partial charge in [0.25, 0.3) is 0 Å². The molecule has 1 aromatic rings. The molecule has 0 unspecified atom stereocenters. The molecule has 0 saturated carbocycles. The Bertz CT molecular complexity index is 484. The van der Waals surface area contributed by atoms with Crippen LogP contribution < -0.4 is 0 Å². The van der Waals surface area contributed by atoms with Gasteiger partial charge in [0.1, 0.15) is 5.75 Å². The normalized spacial score (nSPS) is 21.5. The van der Waals surface area contributed by atoms with Gasteiger partial charge in [-0.2, -0.15) is 0 Å². The summed E-state index contributed by atoms with van der Waals surface area (Å²) in [5.41, 5.74) is 1.10. The first-order valence-electron chi connectivity index (χ1n) is 8.23. The van der Waals surface area contributed by atoms with Crippen molar-refractivity contribution in [1.29, 1.82) is 0 Å². The summed E-state index contributed by atoms with van der Waals surface area (Å²) in [5, 5.41) is 9.29. The molecule has 1 saturated heterocycles. The van der Waals surface area contributed by atoms with Gasteiger partial charge in [0.15, 0.2) is 0 Å². The van der Waals surface area contributed by atoms with E-state index >= 15 is 0 Å². The van der Waals surface area contributed by atoms with Crippen LogP contribution in [0.2, 0.25) is 0 Å². The molecular weight excluding hydrogens is 276 g/mol. The molecule has 4 nitrogen and oxygen atoms in total. The maximum Gasteiger partial charge on any atom is 0.222 e. The van der Waals surface area contributed by atoms with Gasteiger partial charge in [-0.3, -0.25) is 4.79 Å². The number of carbonyl (C=O) groups is 1. The lowest BCUT2D eigenvalue weighted by atomic mass is 9.98. The predicted molar refractivity (Wildman–Crippen MR) is 88.9 cm³/mol. The number of hydrogen-bond acceptors (Lipinski definition) is 3. The molecular formula is C18H28N2O2. The number of hydrogen-bond donors (Lipinski definition) is 1. The molecule has 0 radical (unpaired) electrons. The molecule has 1 aromatic carbocycles. The van der Waals surface area contributed by atoms with Crippen LogP contribution in [0.25, 0.3) is 0 Å². The van der Waals surface area contributed by atoms with E-state index < -0.39 is 0 Å². The van der Waals surface area contributed by atoms with Gasteiger partial charge in [0.2, 0.25) is 5.91 Å². The van der Waals surface area contributed by atoms with Gasteiger partial charge in [-0.1, -0.05) is 25.5 Å². The summed E-state index contributed by atoms with van der Waals surface area (Å²) in [6.07, 6.45) is 3.64. The molecule has 0 bridgehead atoms. The molecule has 1 heterocycles. The Balaban J connectivity index is 1.88. The van der Waals surface area contributed by atoms with Crippen LogP contribution in [0.1, 0.15) is 31.7 Å². The lowest BCUT2D eigenvalue weighted by Crippen LogP contribution is -2.36. The van der Waals surface area contributed by atoms with E-state index in [2.05, 4.69) is 25.9 Å². The van der Waals surface area contributed by atoms with Gasteiger partial charge in [0, 0.05) is 25.6 Å². The van der Waals surface area contributed by atoms with Crippen molar-refractivity contribution >= 4 is 5.91 Å². The average molecular weight is 304 g/mol. The number of aryl methyl sites for hydroxylation is 1. The van der Waals surface area contributed by atoms with Crippen LogP contribution in [-0.2, 0) is 11.2 Å². The molecule has 1 amide bonds. The zero-order valence-electron chi connectivity index (χ0n) is 14.0. The molecule has 0 spiro atoms. The fourth-order valence-electron chi connectivity index (χ4n) is 3.37. The Morgan fingerprint density at radius 2 is 1.95 bits per heavy atom. The van der Waals surface area contributed by atoms with Crippen molar-refractivity contribution in [3.63, 3.8) is 0 Å². The maximum atomic E-state index is 12.5. The van der Waals surface area contributed by atoms with E-state index in [-0.39, 0.29) is 11.7 Å². The Kier molecular flexibility index (Phi) is 5.83. The highest BCUT2D eigenvalue weighted by Crippen LogP contribution is 2.25. The fraction of sp³-hybridized carbons (Fsp3) is 0.611. The number of amides is 1. The van der Waals surface area contributed by atoms with Crippen LogP contribution in [0.4, 0.5) is 0 Å². The summed E-state index contributed by atoms with van der Waals surface area (Å²) in [6.45, 7) is 3.96. The zero-order valence-corrected chi connectivity index (χ0v) is 14.0.